The van der Waals surface area contributed by atoms with E-state index in [4.69, 9.17) is 9.26 Å². The average Bonchev–Trinajstić information content (AvgIpc) is 2.82. The van der Waals surface area contributed by atoms with E-state index in [2.05, 4.69) is 5.16 Å². The molecule has 0 N–H and O–H groups in total. The Morgan fingerprint density at radius 2 is 2.10 bits per heavy atom. The molecule has 0 saturated heterocycles. The van der Waals surface area contributed by atoms with Crippen LogP contribution in [-0.4, -0.2) is 44.2 Å². The van der Waals surface area contributed by atoms with Crippen LogP contribution in [0.5, 0.6) is 0 Å². The van der Waals surface area contributed by atoms with Crippen LogP contribution in [0.2, 0.25) is 0 Å². The van der Waals surface area contributed by atoms with Gasteiger partial charge in [-0.3, -0.25) is 0 Å². The van der Waals surface area contributed by atoms with Gasteiger partial charge in [-0.05, 0) is 19.1 Å². The first-order chi connectivity index (χ1) is 9.99. The van der Waals surface area contributed by atoms with Gasteiger partial charge >= 0.3 is 0 Å². The van der Waals surface area contributed by atoms with Gasteiger partial charge in [0.1, 0.15) is 11.4 Å². The fourth-order valence-electron chi connectivity index (χ4n) is 2.40. The molecule has 116 valence electrons. The topological polar surface area (TPSA) is 72.6 Å². The SMILES string of the molecule is CCN(C(C)COC)S(=O)(=O)Cc1noc2ccccc12. The summed E-state index contributed by atoms with van der Waals surface area (Å²) in [7, 11) is -1.92. The number of likely N-dealkylation sites (N-methyl/N-ethyl adjacent to an activating group) is 1. The molecule has 0 aliphatic rings. The maximum atomic E-state index is 12.6. The van der Waals surface area contributed by atoms with E-state index in [1.807, 2.05) is 32.0 Å². The van der Waals surface area contributed by atoms with Gasteiger partial charge in [-0.15, -0.1) is 0 Å². The number of hydrogen-bond acceptors (Lipinski definition) is 5. The molecule has 1 aromatic carbocycles. The molecule has 2 aromatic rings. The second-order valence-electron chi connectivity index (χ2n) is 4.89. The van der Waals surface area contributed by atoms with Gasteiger partial charge in [0.05, 0.1) is 6.61 Å². The molecule has 1 heterocycles. The third-order valence-corrected chi connectivity index (χ3v) is 5.31. The molecule has 0 bridgehead atoms. The molecule has 0 aliphatic heterocycles. The number of para-hydroxylation sites is 1. The van der Waals surface area contributed by atoms with Crippen LogP contribution < -0.4 is 0 Å². The summed E-state index contributed by atoms with van der Waals surface area (Å²) in [5.74, 6) is -0.175. The van der Waals surface area contributed by atoms with E-state index >= 15 is 0 Å². The second-order valence-corrected chi connectivity index (χ2v) is 6.81. The summed E-state index contributed by atoms with van der Waals surface area (Å²) in [4.78, 5) is 0. The number of hydrogen-bond donors (Lipinski definition) is 0. The minimum absolute atomic E-state index is 0.175. The summed E-state index contributed by atoms with van der Waals surface area (Å²) in [6, 6.07) is 7.02. The van der Waals surface area contributed by atoms with Crippen molar-refractivity contribution in [1.29, 1.82) is 0 Å². The predicted molar refractivity (Wildman–Crippen MR) is 80.4 cm³/mol. The molecule has 0 radical (unpaired) electrons. The first kappa shape index (κ1) is 15.9. The van der Waals surface area contributed by atoms with E-state index in [0.717, 1.165) is 5.39 Å². The highest BCUT2D eigenvalue weighted by Crippen LogP contribution is 2.21. The van der Waals surface area contributed by atoms with Crippen molar-refractivity contribution in [2.75, 3.05) is 20.3 Å². The van der Waals surface area contributed by atoms with Crippen LogP contribution in [0, 0.1) is 0 Å². The lowest BCUT2D eigenvalue weighted by atomic mass is 10.2. The van der Waals surface area contributed by atoms with Gasteiger partial charge in [-0.1, -0.05) is 24.2 Å². The first-order valence-corrected chi connectivity index (χ1v) is 8.42. The van der Waals surface area contributed by atoms with E-state index in [1.54, 1.807) is 13.2 Å². The summed E-state index contributed by atoms with van der Waals surface area (Å²) in [5.41, 5.74) is 1.03. The Bertz CT molecular complexity index is 696. The van der Waals surface area contributed by atoms with Crippen molar-refractivity contribution in [3.05, 3.63) is 30.0 Å². The number of methoxy groups -OCH3 is 1. The highest BCUT2D eigenvalue weighted by atomic mass is 32.2. The standard InChI is InChI=1S/C14H20N2O4S/c1-4-16(11(2)9-19-3)21(17,18)10-13-12-7-5-6-8-14(12)20-15-13/h5-8,11H,4,9-10H2,1-3H3. The van der Waals surface area contributed by atoms with Crippen molar-refractivity contribution in [1.82, 2.24) is 9.46 Å². The smallest absolute Gasteiger partial charge is 0.220 e. The summed E-state index contributed by atoms with van der Waals surface area (Å²) < 4.78 is 36.8. The summed E-state index contributed by atoms with van der Waals surface area (Å²) >= 11 is 0. The number of sulfonamides is 1. The molecule has 1 aromatic heterocycles. The van der Waals surface area contributed by atoms with Gasteiger partial charge in [0.25, 0.3) is 0 Å². The highest BCUT2D eigenvalue weighted by molar-refractivity contribution is 7.88. The molecule has 1 unspecified atom stereocenters. The molecule has 2 rings (SSSR count). The number of fused-ring (bicyclic) bond motifs is 1. The third-order valence-electron chi connectivity index (χ3n) is 3.34. The number of rotatable bonds is 7. The Labute approximate surface area is 124 Å². The van der Waals surface area contributed by atoms with Crippen molar-refractivity contribution in [3.8, 4) is 0 Å². The lowest BCUT2D eigenvalue weighted by Gasteiger charge is -2.26. The van der Waals surface area contributed by atoms with Crippen LogP contribution in [-0.2, 0) is 20.5 Å². The normalized spacial score (nSPS) is 13.9. The Kier molecular flexibility index (Phi) is 4.97. The molecule has 6 nitrogen and oxygen atoms in total. The molecule has 21 heavy (non-hydrogen) atoms. The lowest BCUT2D eigenvalue weighted by Crippen LogP contribution is -2.41. The van der Waals surface area contributed by atoms with E-state index in [9.17, 15) is 8.42 Å². The van der Waals surface area contributed by atoms with Gasteiger partial charge in [-0.2, -0.15) is 4.31 Å². The minimum Gasteiger partial charge on any atom is -0.383 e. The molecule has 0 spiro atoms. The second kappa shape index (κ2) is 6.55. The lowest BCUT2D eigenvalue weighted by molar-refractivity contribution is 0.142. The molecule has 0 fully saturated rings. The van der Waals surface area contributed by atoms with Gasteiger partial charge < -0.3 is 9.26 Å². The Hall–Kier alpha value is -1.44. The zero-order valence-electron chi connectivity index (χ0n) is 12.4. The molecular weight excluding hydrogens is 292 g/mol. The zero-order valence-corrected chi connectivity index (χ0v) is 13.3. The van der Waals surface area contributed by atoms with Crippen LogP contribution in [0.25, 0.3) is 11.0 Å². The quantitative estimate of drug-likeness (QED) is 0.782. The third kappa shape index (κ3) is 3.42. The van der Waals surface area contributed by atoms with Crippen molar-refractivity contribution in [3.63, 3.8) is 0 Å². The average molecular weight is 312 g/mol. The number of aromatic nitrogens is 1. The summed E-state index contributed by atoms with van der Waals surface area (Å²) in [5, 5.41) is 4.62. The van der Waals surface area contributed by atoms with E-state index in [1.165, 1.54) is 4.31 Å². The van der Waals surface area contributed by atoms with Crippen LogP contribution in [0.3, 0.4) is 0 Å². The van der Waals surface area contributed by atoms with E-state index < -0.39 is 10.0 Å². The Morgan fingerprint density at radius 1 is 1.38 bits per heavy atom. The van der Waals surface area contributed by atoms with Gasteiger partial charge in [0.2, 0.25) is 10.0 Å². The Balaban J connectivity index is 2.27. The molecule has 7 heteroatoms. The molecule has 0 amide bonds. The monoisotopic (exact) mass is 312 g/mol. The summed E-state index contributed by atoms with van der Waals surface area (Å²) in [6.45, 7) is 4.38. The fourth-order valence-corrected chi connectivity index (χ4v) is 4.13. The largest absolute Gasteiger partial charge is 0.383 e. The van der Waals surface area contributed by atoms with Crippen molar-refractivity contribution in [2.24, 2.45) is 0 Å². The molecular formula is C14H20N2O4S. The van der Waals surface area contributed by atoms with Crippen molar-refractivity contribution in [2.45, 2.75) is 25.6 Å². The van der Waals surface area contributed by atoms with Crippen molar-refractivity contribution < 1.29 is 17.7 Å². The highest BCUT2D eigenvalue weighted by Gasteiger charge is 2.28. The molecule has 1 atom stereocenters. The fraction of sp³-hybridized carbons (Fsp3) is 0.500. The number of nitrogens with zero attached hydrogens (tertiary/aromatic N) is 2. The molecule has 0 saturated carbocycles. The summed E-state index contributed by atoms with van der Waals surface area (Å²) in [6.07, 6.45) is 0. The maximum absolute atomic E-state index is 12.6. The maximum Gasteiger partial charge on any atom is 0.220 e. The van der Waals surface area contributed by atoms with Crippen LogP contribution in [0.15, 0.2) is 28.8 Å². The van der Waals surface area contributed by atoms with Crippen LogP contribution >= 0.6 is 0 Å². The van der Waals surface area contributed by atoms with Gasteiger partial charge in [-0.25, -0.2) is 8.42 Å². The van der Waals surface area contributed by atoms with Crippen LogP contribution in [0.1, 0.15) is 19.5 Å². The number of ether oxygens (including phenoxy) is 1. The first-order valence-electron chi connectivity index (χ1n) is 6.81. The van der Waals surface area contributed by atoms with Crippen LogP contribution in [0.4, 0.5) is 0 Å². The van der Waals surface area contributed by atoms with E-state index in [-0.39, 0.29) is 11.8 Å². The van der Waals surface area contributed by atoms with Gasteiger partial charge in [0, 0.05) is 25.1 Å². The molecule has 0 aliphatic carbocycles. The van der Waals surface area contributed by atoms with Crippen molar-refractivity contribution >= 4 is 21.0 Å². The minimum atomic E-state index is -3.48. The van der Waals surface area contributed by atoms with E-state index in [0.29, 0.717) is 24.4 Å². The zero-order chi connectivity index (χ0) is 15.5. The Morgan fingerprint density at radius 3 is 2.76 bits per heavy atom. The number of benzene rings is 1. The predicted octanol–water partition coefficient (Wildman–Crippen LogP) is 2.01. The van der Waals surface area contributed by atoms with Gasteiger partial charge in [0.15, 0.2) is 5.58 Å².